The molecule has 18 heavy (non-hydrogen) atoms. The molecular weight excluding hydrogens is 226 g/mol. The number of rotatable bonds is 4. The molecule has 0 aliphatic carbocycles. The van der Waals surface area contributed by atoms with Gasteiger partial charge in [-0.1, -0.05) is 20.8 Å². The molecule has 0 saturated heterocycles. The average Bonchev–Trinajstić information content (AvgIpc) is 2.25. The van der Waals surface area contributed by atoms with Crippen LogP contribution in [0, 0.1) is 5.41 Å². The first-order valence-corrected chi connectivity index (χ1v) is 6.33. The Bertz CT molecular complexity index is 388. The highest BCUT2D eigenvalue weighted by Gasteiger charge is 2.11. The van der Waals surface area contributed by atoms with E-state index in [1.165, 1.54) is 0 Å². The van der Waals surface area contributed by atoms with E-state index < -0.39 is 0 Å². The van der Waals surface area contributed by atoms with E-state index in [2.05, 4.69) is 26.1 Å². The molecule has 1 N–H and O–H groups in total. The van der Waals surface area contributed by atoms with Gasteiger partial charge in [-0.3, -0.25) is 0 Å². The SMILES string of the molecule is CC(C)OC(=O)c1ccc(NCC(C)(C)C)cc1. The largest absolute Gasteiger partial charge is 0.459 e. The second kappa shape index (κ2) is 5.89. The first-order chi connectivity index (χ1) is 8.28. The van der Waals surface area contributed by atoms with Gasteiger partial charge in [-0.25, -0.2) is 4.79 Å². The normalized spacial score (nSPS) is 11.4. The number of anilines is 1. The number of ether oxygens (including phenoxy) is 1. The van der Waals surface area contributed by atoms with E-state index in [0.29, 0.717) is 5.56 Å². The minimum Gasteiger partial charge on any atom is -0.459 e. The van der Waals surface area contributed by atoms with Crippen molar-refractivity contribution in [3.8, 4) is 0 Å². The van der Waals surface area contributed by atoms with E-state index >= 15 is 0 Å². The minimum atomic E-state index is -0.271. The van der Waals surface area contributed by atoms with Gasteiger partial charge in [-0.15, -0.1) is 0 Å². The van der Waals surface area contributed by atoms with Crippen molar-refractivity contribution in [2.45, 2.75) is 40.7 Å². The summed E-state index contributed by atoms with van der Waals surface area (Å²) in [5, 5.41) is 3.34. The average molecular weight is 249 g/mol. The van der Waals surface area contributed by atoms with Crippen LogP contribution in [-0.4, -0.2) is 18.6 Å². The molecule has 1 aromatic rings. The van der Waals surface area contributed by atoms with Gasteiger partial charge in [-0.2, -0.15) is 0 Å². The maximum atomic E-state index is 11.6. The standard InChI is InChI=1S/C15H23NO2/c1-11(2)18-14(17)12-6-8-13(9-7-12)16-10-15(3,4)5/h6-9,11,16H,10H2,1-5H3. The Morgan fingerprint density at radius 2 is 1.78 bits per heavy atom. The third kappa shape index (κ3) is 5.21. The Morgan fingerprint density at radius 3 is 2.22 bits per heavy atom. The van der Waals surface area contributed by atoms with Crippen LogP contribution in [0.2, 0.25) is 0 Å². The van der Waals surface area contributed by atoms with E-state index in [0.717, 1.165) is 12.2 Å². The zero-order valence-electron chi connectivity index (χ0n) is 11.9. The number of carbonyl (C=O) groups excluding carboxylic acids is 1. The molecule has 3 nitrogen and oxygen atoms in total. The van der Waals surface area contributed by atoms with Gasteiger partial charge >= 0.3 is 5.97 Å². The van der Waals surface area contributed by atoms with Crippen molar-refractivity contribution >= 4 is 11.7 Å². The molecule has 100 valence electrons. The summed E-state index contributed by atoms with van der Waals surface area (Å²) in [6, 6.07) is 7.39. The molecule has 0 radical (unpaired) electrons. The maximum Gasteiger partial charge on any atom is 0.338 e. The molecule has 1 aromatic carbocycles. The summed E-state index contributed by atoms with van der Waals surface area (Å²) in [5.41, 5.74) is 1.84. The van der Waals surface area contributed by atoms with Crippen LogP contribution in [0.5, 0.6) is 0 Å². The van der Waals surface area contributed by atoms with Gasteiger partial charge in [0.15, 0.2) is 0 Å². The van der Waals surface area contributed by atoms with Crippen molar-refractivity contribution in [1.82, 2.24) is 0 Å². The van der Waals surface area contributed by atoms with E-state index in [1.807, 2.05) is 26.0 Å². The fourth-order valence-electron chi connectivity index (χ4n) is 1.37. The highest BCUT2D eigenvalue weighted by molar-refractivity contribution is 5.89. The van der Waals surface area contributed by atoms with E-state index in [1.54, 1.807) is 12.1 Å². The van der Waals surface area contributed by atoms with Crippen LogP contribution in [0.4, 0.5) is 5.69 Å². The molecule has 0 aliphatic heterocycles. The summed E-state index contributed by atoms with van der Waals surface area (Å²) in [6.07, 6.45) is -0.0869. The Morgan fingerprint density at radius 1 is 1.22 bits per heavy atom. The summed E-state index contributed by atoms with van der Waals surface area (Å²) in [6.45, 7) is 11.1. The summed E-state index contributed by atoms with van der Waals surface area (Å²) in [5.74, 6) is -0.271. The summed E-state index contributed by atoms with van der Waals surface area (Å²) >= 11 is 0. The molecule has 0 heterocycles. The molecule has 0 amide bonds. The molecule has 0 aromatic heterocycles. The van der Waals surface area contributed by atoms with E-state index in [9.17, 15) is 4.79 Å². The lowest BCUT2D eigenvalue weighted by atomic mass is 9.97. The van der Waals surface area contributed by atoms with Gasteiger partial charge in [0.25, 0.3) is 0 Å². The molecule has 0 atom stereocenters. The monoisotopic (exact) mass is 249 g/mol. The smallest absolute Gasteiger partial charge is 0.338 e. The quantitative estimate of drug-likeness (QED) is 0.827. The molecular formula is C15H23NO2. The van der Waals surface area contributed by atoms with Crippen LogP contribution < -0.4 is 5.32 Å². The zero-order chi connectivity index (χ0) is 13.8. The van der Waals surface area contributed by atoms with E-state index in [-0.39, 0.29) is 17.5 Å². The molecule has 1 rings (SSSR count). The van der Waals surface area contributed by atoms with Crippen molar-refractivity contribution in [2.75, 3.05) is 11.9 Å². The Hall–Kier alpha value is -1.51. The van der Waals surface area contributed by atoms with Crippen LogP contribution in [0.15, 0.2) is 24.3 Å². The van der Waals surface area contributed by atoms with Gasteiger partial charge in [0.1, 0.15) is 0 Å². The molecule has 0 spiro atoms. The van der Waals surface area contributed by atoms with Gasteiger partial charge in [0.05, 0.1) is 11.7 Å². The zero-order valence-corrected chi connectivity index (χ0v) is 11.9. The predicted molar refractivity (Wildman–Crippen MR) is 74.9 cm³/mol. The Labute approximate surface area is 110 Å². The Balaban J connectivity index is 2.60. The fourth-order valence-corrected chi connectivity index (χ4v) is 1.37. The van der Waals surface area contributed by atoms with Crippen LogP contribution in [-0.2, 0) is 4.74 Å². The van der Waals surface area contributed by atoms with Crippen molar-refractivity contribution in [3.05, 3.63) is 29.8 Å². The summed E-state index contributed by atoms with van der Waals surface area (Å²) in [4.78, 5) is 11.6. The molecule has 0 unspecified atom stereocenters. The summed E-state index contributed by atoms with van der Waals surface area (Å²) in [7, 11) is 0. The van der Waals surface area contributed by atoms with Crippen LogP contribution in [0.1, 0.15) is 45.0 Å². The number of benzene rings is 1. The van der Waals surface area contributed by atoms with Crippen molar-refractivity contribution in [2.24, 2.45) is 5.41 Å². The second-order valence-corrected chi connectivity index (χ2v) is 5.95. The third-order valence-electron chi connectivity index (χ3n) is 2.29. The van der Waals surface area contributed by atoms with Crippen LogP contribution in [0.3, 0.4) is 0 Å². The highest BCUT2D eigenvalue weighted by Crippen LogP contribution is 2.16. The number of nitrogens with one attached hydrogen (secondary N) is 1. The van der Waals surface area contributed by atoms with Gasteiger partial charge < -0.3 is 10.1 Å². The van der Waals surface area contributed by atoms with Crippen molar-refractivity contribution in [3.63, 3.8) is 0 Å². The number of esters is 1. The lowest BCUT2D eigenvalue weighted by Gasteiger charge is -2.19. The van der Waals surface area contributed by atoms with Crippen LogP contribution in [0.25, 0.3) is 0 Å². The van der Waals surface area contributed by atoms with Gasteiger partial charge in [0, 0.05) is 12.2 Å². The lowest BCUT2D eigenvalue weighted by Crippen LogP contribution is -2.19. The van der Waals surface area contributed by atoms with Gasteiger partial charge in [0.2, 0.25) is 0 Å². The number of carbonyl (C=O) groups is 1. The molecule has 0 bridgehead atoms. The fraction of sp³-hybridized carbons (Fsp3) is 0.533. The second-order valence-electron chi connectivity index (χ2n) is 5.95. The first kappa shape index (κ1) is 14.6. The molecule has 3 heteroatoms. The molecule has 0 saturated carbocycles. The van der Waals surface area contributed by atoms with Crippen molar-refractivity contribution in [1.29, 1.82) is 0 Å². The Kier molecular flexibility index (Phi) is 4.76. The highest BCUT2D eigenvalue weighted by atomic mass is 16.5. The van der Waals surface area contributed by atoms with Crippen molar-refractivity contribution < 1.29 is 9.53 Å². The summed E-state index contributed by atoms with van der Waals surface area (Å²) < 4.78 is 5.13. The molecule has 0 aliphatic rings. The molecule has 0 fully saturated rings. The third-order valence-corrected chi connectivity index (χ3v) is 2.29. The maximum absolute atomic E-state index is 11.6. The van der Waals surface area contributed by atoms with Gasteiger partial charge in [-0.05, 0) is 43.5 Å². The topological polar surface area (TPSA) is 38.3 Å². The number of hydrogen-bond acceptors (Lipinski definition) is 3. The first-order valence-electron chi connectivity index (χ1n) is 6.33. The van der Waals surface area contributed by atoms with E-state index in [4.69, 9.17) is 4.74 Å². The van der Waals surface area contributed by atoms with Crippen LogP contribution >= 0.6 is 0 Å². The predicted octanol–water partition coefficient (Wildman–Crippen LogP) is 3.71. The lowest BCUT2D eigenvalue weighted by molar-refractivity contribution is 0.0378. The number of hydrogen-bond donors (Lipinski definition) is 1. The minimum absolute atomic E-state index is 0.0869.